The molecule has 0 aliphatic carbocycles. The van der Waals surface area contributed by atoms with Crippen LogP contribution in [0.1, 0.15) is 30.0 Å². The molecule has 0 radical (unpaired) electrons. The number of benzene rings is 2. The van der Waals surface area contributed by atoms with Crippen molar-refractivity contribution in [1.29, 1.82) is 0 Å². The molecule has 0 saturated heterocycles. The SMILES string of the molecule is CCCOc1cccc(NC2=C(c3ccc(C)c(C)c3)C(=O)N(CCOC)C2=O)c1. The Bertz CT molecular complexity index is 981. The van der Waals surface area contributed by atoms with Crippen LogP contribution in [0.2, 0.25) is 0 Å². The average Bonchev–Trinajstić information content (AvgIpc) is 2.96. The Morgan fingerprint density at radius 1 is 0.967 bits per heavy atom. The van der Waals surface area contributed by atoms with E-state index < -0.39 is 0 Å². The molecule has 0 bridgehead atoms. The number of carbonyl (C=O) groups excluding carboxylic acids is 2. The number of amides is 2. The summed E-state index contributed by atoms with van der Waals surface area (Å²) in [6.07, 6.45) is 0.904. The maximum Gasteiger partial charge on any atom is 0.278 e. The van der Waals surface area contributed by atoms with Crippen LogP contribution in [-0.4, -0.2) is 43.6 Å². The molecule has 6 heteroatoms. The Balaban J connectivity index is 2.00. The van der Waals surface area contributed by atoms with Crippen LogP contribution in [0, 0.1) is 13.8 Å². The lowest BCUT2D eigenvalue weighted by molar-refractivity contribution is -0.137. The molecule has 1 heterocycles. The molecule has 0 aromatic heterocycles. The van der Waals surface area contributed by atoms with Crippen molar-refractivity contribution in [1.82, 2.24) is 4.90 Å². The van der Waals surface area contributed by atoms with Crippen molar-refractivity contribution in [3.8, 4) is 5.75 Å². The fourth-order valence-corrected chi connectivity index (χ4v) is 3.27. The molecule has 2 aromatic rings. The van der Waals surface area contributed by atoms with Crippen molar-refractivity contribution in [2.75, 3.05) is 32.2 Å². The maximum absolute atomic E-state index is 13.2. The van der Waals surface area contributed by atoms with Crippen molar-refractivity contribution in [2.45, 2.75) is 27.2 Å². The van der Waals surface area contributed by atoms with Gasteiger partial charge in [-0.15, -0.1) is 0 Å². The number of methoxy groups -OCH3 is 1. The first-order valence-corrected chi connectivity index (χ1v) is 10.1. The predicted molar refractivity (Wildman–Crippen MR) is 117 cm³/mol. The van der Waals surface area contributed by atoms with Crippen molar-refractivity contribution in [2.24, 2.45) is 0 Å². The van der Waals surface area contributed by atoms with Gasteiger partial charge < -0.3 is 14.8 Å². The van der Waals surface area contributed by atoms with Gasteiger partial charge in [-0.1, -0.05) is 31.2 Å². The summed E-state index contributed by atoms with van der Waals surface area (Å²) in [4.78, 5) is 27.5. The second-order valence-electron chi connectivity index (χ2n) is 7.31. The average molecular weight is 408 g/mol. The Morgan fingerprint density at radius 2 is 1.77 bits per heavy atom. The van der Waals surface area contributed by atoms with E-state index in [0.717, 1.165) is 23.1 Å². The lowest BCUT2D eigenvalue weighted by atomic mass is 9.99. The topological polar surface area (TPSA) is 67.9 Å². The molecule has 2 aromatic carbocycles. The number of rotatable bonds is 9. The zero-order chi connectivity index (χ0) is 21.7. The first-order chi connectivity index (χ1) is 14.5. The number of aryl methyl sites for hydroxylation is 2. The van der Waals surface area contributed by atoms with Crippen LogP contribution in [-0.2, 0) is 14.3 Å². The number of ether oxygens (including phenoxy) is 2. The van der Waals surface area contributed by atoms with Crippen LogP contribution in [0.15, 0.2) is 48.2 Å². The summed E-state index contributed by atoms with van der Waals surface area (Å²) in [6, 6.07) is 13.2. The highest BCUT2D eigenvalue weighted by Gasteiger charge is 2.39. The molecular weight excluding hydrogens is 380 g/mol. The molecule has 158 valence electrons. The Kier molecular flexibility index (Phi) is 6.90. The standard InChI is InChI=1S/C24H28N2O4/c1-5-12-30-20-8-6-7-19(15-20)25-22-21(18-10-9-16(2)17(3)14-18)23(27)26(24(22)28)11-13-29-4/h6-10,14-15,25H,5,11-13H2,1-4H3. The van der Waals surface area contributed by atoms with E-state index in [4.69, 9.17) is 9.47 Å². The lowest BCUT2D eigenvalue weighted by Gasteiger charge is -2.14. The Hall–Kier alpha value is -3.12. The first kappa shape index (κ1) is 21.6. The number of carbonyl (C=O) groups is 2. The van der Waals surface area contributed by atoms with Gasteiger partial charge in [0.1, 0.15) is 11.4 Å². The highest BCUT2D eigenvalue weighted by atomic mass is 16.5. The van der Waals surface area contributed by atoms with Crippen LogP contribution in [0.25, 0.3) is 5.57 Å². The van der Waals surface area contributed by atoms with Crippen molar-refractivity contribution < 1.29 is 19.1 Å². The number of anilines is 1. The van der Waals surface area contributed by atoms with Crippen LogP contribution in [0.3, 0.4) is 0 Å². The monoisotopic (exact) mass is 408 g/mol. The van der Waals surface area contributed by atoms with Gasteiger partial charge >= 0.3 is 0 Å². The second kappa shape index (κ2) is 9.59. The summed E-state index contributed by atoms with van der Waals surface area (Å²) in [7, 11) is 1.55. The quantitative estimate of drug-likeness (QED) is 0.637. The molecule has 0 atom stereocenters. The van der Waals surface area contributed by atoms with E-state index in [0.29, 0.717) is 23.6 Å². The summed E-state index contributed by atoms with van der Waals surface area (Å²) in [5.74, 6) is 0.0366. The van der Waals surface area contributed by atoms with E-state index in [1.54, 1.807) is 7.11 Å². The van der Waals surface area contributed by atoms with Gasteiger partial charge in [0.25, 0.3) is 11.8 Å². The van der Waals surface area contributed by atoms with Crippen LogP contribution >= 0.6 is 0 Å². The normalized spacial score (nSPS) is 13.9. The molecule has 1 N–H and O–H groups in total. The fraction of sp³-hybridized carbons (Fsp3) is 0.333. The fourth-order valence-electron chi connectivity index (χ4n) is 3.27. The van der Waals surface area contributed by atoms with E-state index in [9.17, 15) is 9.59 Å². The van der Waals surface area contributed by atoms with Gasteiger partial charge in [0.05, 0.1) is 25.3 Å². The summed E-state index contributed by atoms with van der Waals surface area (Å²) in [5.41, 5.74) is 4.24. The van der Waals surface area contributed by atoms with Gasteiger partial charge in [-0.3, -0.25) is 14.5 Å². The third-order valence-corrected chi connectivity index (χ3v) is 5.06. The molecule has 0 spiro atoms. The summed E-state index contributed by atoms with van der Waals surface area (Å²) < 4.78 is 10.8. The highest BCUT2D eigenvalue weighted by Crippen LogP contribution is 2.32. The van der Waals surface area contributed by atoms with Crippen molar-refractivity contribution in [3.63, 3.8) is 0 Å². The number of nitrogens with one attached hydrogen (secondary N) is 1. The minimum atomic E-state index is -0.356. The van der Waals surface area contributed by atoms with Crippen molar-refractivity contribution >= 4 is 23.1 Å². The van der Waals surface area contributed by atoms with E-state index in [1.165, 1.54) is 4.90 Å². The van der Waals surface area contributed by atoms with E-state index in [2.05, 4.69) is 5.32 Å². The molecule has 6 nitrogen and oxygen atoms in total. The zero-order valence-electron chi connectivity index (χ0n) is 18.0. The van der Waals surface area contributed by atoms with Crippen LogP contribution in [0.5, 0.6) is 5.75 Å². The number of nitrogens with zero attached hydrogens (tertiary/aromatic N) is 1. The van der Waals surface area contributed by atoms with Crippen LogP contribution < -0.4 is 10.1 Å². The van der Waals surface area contributed by atoms with Gasteiger partial charge in [-0.25, -0.2) is 0 Å². The molecule has 0 fully saturated rings. The molecule has 2 amide bonds. The zero-order valence-corrected chi connectivity index (χ0v) is 18.0. The third-order valence-electron chi connectivity index (χ3n) is 5.06. The molecule has 0 unspecified atom stereocenters. The number of hydrogen-bond donors (Lipinski definition) is 1. The van der Waals surface area contributed by atoms with Gasteiger partial charge in [-0.05, 0) is 49.1 Å². The smallest absolute Gasteiger partial charge is 0.278 e. The maximum atomic E-state index is 13.2. The summed E-state index contributed by atoms with van der Waals surface area (Å²) in [5, 5.41) is 3.17. The largest absolute Gasteiger partial charge is 0.494 e. The molecule has 1 aliphatic rings. The summed E-state index contributed by atoms with van der Waals surface area (Å²) in [6.45, 7) is 7.15. The molecule has 3 rings (SSSR count). The van der Waals surface area contributed by atoms with E-state index in [1.807, 2.05) is 63.2 Å². The number of hydrogen-bond acceptors (Lipinski definition) is 5. The van der Waals surface area contributed by atoms with E-state index >= 15 is 0 Å². The van der Waals surface area contributed by atoms with Gasteiger partial charge in [-0.2, -0.15) is 0 Å². The summed E-state index contributed by atoms with van der Waals surface area (Å²) >= 11 is 0. The number of imide groups is 1. The first-order valence-electron chi connectivity index (χ1n) is 10.1. The van der Waals surface area contributed by atoms with Gasteiger partial charge in [0.15, 0.2) is 0 Å². The van der Waals surface area contributed by atoms with E-state index in [-0.39, 0.29) is 30.7 Å². The lowest BCUT2D eigenvalue weighted by Crippen LogP contribution is -2.35. The molecule has 0 saturated carbocycles. The molecule has 30 heavy (non-hydrogen) atoms. The third kappa shape index (κ3) is 4.54. The Morgan fingerprint density at radius 3 is 2.47 bits per heavy atom. The van der Waals surface area contributed by atoms with Gasteiger partial charge in [0, 0.05) is 18.9 Å². The second-order valence-corrected chi connectivity index (χ2v) is 7.31. The molecular formula is C24H28N2O4. The van der Waals surface area contributed by atoms with Crippen molar-refractivity contribution in [3.05, 3.63) is 64.9 Å². The Labute approximate surface area is 177 Å². The predicted octanol–water partition coefficient (Wildman–Crippen LogP) is 3.93. The minimum Gasteiger partial charge on any atom is -0.494 e. The molecule has 1 aliphatic heterocycles. The van der Waals surface area contributed by atoms with Crippen LogP contribution in [0.4, 0.5) is 5.69 Å². The van der Waals surface area contributed by atoms with Gasteiger partial charge in [0.2, 0.25) is 0 Å². The minimum absolute atomic E-state index is 0.202. The highest BCUT2D eigenvalue weighted by molar-refractivity contribution is 6.36.